The van der Waals surface area contributed by atoms with E-state index in [0.717, 1.165) is 89.9 Å². The normalized spacial score (nSPS) is 12.5. The first-order valence-corrected chi connectivity index (χ1v) is 27.8. The molecule has 65 heavy (non-hydrogen) atoms. The van der Waals surface area contributed by atoms with Gasteiger partial charge in [0.15, 0.2) is 6.10 Å². The van der Waals surface area contributed by atoms with E-state index < -0.39 is 6.10 Å². The van der Waals surface area contributed by atoms with E-state index in [1.165, 1.54) is 148 Å². The molecular weight excluding hydrogens is 805 g/mol. The van der Waals surface area contributed by atoms with Crippen molar-refractivity contribution >= 4 is 17.9 Å². The molecule has 0 amide bonds. The van der Waals surface area contributed by atoms with Gasteiger partial charge >= 0.3 is 17.9 Å². The second-order valence-corrected chi connectivity index (χ2v) is 18.5. The third kappa shape index (κ3) is 51.9. The van der Waals surface area contributed by atoms with Crippen LogP contribution in [0.2, 0.25) is 0 Å². The summed E-state index contributed by atoms with van der Waals surface area (Å²) in [6.07, 6.45) is 66.4. The van der Waals surface area contributed by atoms with E-state index in [9.17, 15) is 14.4 Å². The van der Waals surface area contributed by atoms with E-state index in [-0.39, 0.29) is 31.1 Å². The Balaban J connectivity index is 4.39. The SMILES string of the molecule is CCCC/C=C\CCCCCCCC(=O)OC[C@H](COC(=O)CCCCC/C=C\C/C=C\C/C=C\C/C=C\CCCCC)OC(=O)CCCCCCCCCCCCCCCCCCC. The van der Waals surface area contributed by atoms with Crippen LogP contribution in [-0.4, -0.2) is 37.2 Å². The van der Waals surface area contributed by atoms with Gasteiger partial charge in [-0.1, -0.05) is 236 Å². The van der Waals surface area contributed by atoms with Crippen molar-refractivity contribution in [2.45, 2.75) is 284 Å². The molecule has 0 aliphatic rings. The van der Waals surface area contributed by atoms with Crippen molar-refractivity contribution in [1.82, 2.24) is 0 Å². The molecule has 0 aromatic carbocycles. The number of unbranched alkanes of at least 4 members (excludes halogenated alkanes) is 29. The molecule has 376 valence electrons. The highest BCUT2D eigenvalue weighted by atomic mass is 16.6. The van der Waals surface area contributed by atoms with Crippen LogP contribution in [-0.2, 0) is 28.6 Å². The number of hydrogen-bond acceptors (Lipinski definition) is 6. The second kappa shape index (κ2) is 53.7. The van der Waals surface area contributed by atoms with Crippen molar-refractivity contribution < 1.29 is 28.6 Å². The number of rotatable bonds is 50. The van der Waals surface area contributed by atoms with E-state index in [1.54, 1.807) is 0 Å². The van der Waals surface area contributed by atoms with E-state index in [4.69, 9.17) is 14.2 Å². The van der Waals surface area contributed by atoms with Crippen molar-refractivity contribution in [1.29, 1.82) is 0 Å². The molecule has 6 nitrogen and oxygen atoms in total. The topological polar surface area (TPSA) is 78.9 Å². The molecule has 0 aromatic heterocycles. The fourth-order valence-corrected chi connectivity index (χ4v) is 7.76. The summed E-state index contributed by atoms with van der Waals surface area (Å²) >= 11 is 0. The fraction of sp³-hybridized carbons (Fsp3) is 0.780. The Morgan fingerprint density at radius 3 is 0.969 bits per heavy atom. The van der Waals surface area contributed by atoms with Gasteiger partial charge in [0.25, 0.3) is 0 Å². The maximum absolute atomic E-state index is 12.8. The van der Waals surface area contributed by atoms with Crippen LogP contribution >= 0.6 is 0 Å². The monoisotopic (exact) mass is 909 g/mol. The molecule has 0 unspecified atom stereocenters. The third-order valence-electron chi connectivity index (χ3n) is 12.0. The molecule has 0 aliphatic carbocycles. The Bertz CT molecular complexity index is 1180. The van der Waals surface area contributed by atoms with Gasteiger partial charge in [0.2, 0.25) is 0 Å². The van der Waals surface area contributed by atoms with E-state index in [1.807, 2.05) is 0 Å². The Kier molecular flexibility index (Phi) is 51.3. The highest BCUT2D eigenvalue weighted by Crippen LogP contribution is 2.16. The fourth-order valence-electron chi connectivity index (χ4n) is 7.76. The number of esters is 3. The van der Waals surface area contributed by atoms with Crippen LogP contribution in [0.4, 0.5) is 0 Å². The predicted octanol–water partition coefficient (Wildman–Crippen LogP) is 18.4. The summed E-state index contributed by atoms with van der Waals surface area (Å²) in [6, 6.07) is 0. The van der Waals surface area contributed by atoms with Gasteiger partial charge < -0.3 is 14.2 Å². The van der Waals surface area contributed by atoms with Crippen molar-refractivity contribution in [3.05, 3.63) is 60.8 Å². The Morgan fingerprint density at radius 2 is 0.569 bits per heavy atom. The van der Waals surface area contributed by atoms with Crippen LogP contribution in [0.1, 0.15) is 278 Å². The number of ether oxygens (including phenoxy) is 3. The largest absolute Gasteiger partial charge is 0.462 e. The van der Waals surface area contributed by atoms with Crippen LogP contribution in [0.25, 0.3) is 0 Å². The molecule has 0 heterocycles. The lowest BCUT2D eigenvalue weighted by molar-refractivity contribution is -0.167. The minimum atomic E-state index is -0.788. The minimum Gasteiger partial charge on any atom is -0.462 e. The molecule has 0 fully saturated rings. The first-order valence-electron chi connectivity index (χ1n) is 27.8. The van der Waals surface area contributed by atoms with Crippen molar-refractivity contribution in [2.75, 3.05) is 13.2 Å². The highest BCUT2D eigenvalue weighted by molar-refractivity contribution is 5.71. The standard InChI is InChI=1S/C59H104O6/c1-4-7-10-13-16-19-22-24-26-28-29-31-32-34-37-40-43-46-49-52-58(61)64-55-56(54-63-57(60)51-48-45-42-39-36-21-18-15-12-9-6-3)65-59(62)53-50-47-44-41-38-35-33-30-27-25-23-20-17-14-11-8-5-2/h15-16,18-19,24,26,29,31,34,37,56H,4-14,17,20-23,25,27-28,30,32-33,35-36,38-55H2,1-3H3/b18-15-,19-16-,26-24-,31-29-,37-34-/t56-/m1/s1. The summed E-state index contributed by atoms with van der Waals surface area (Å²) in [5.41, 5.74) is 0. The average molecular weight is 909 g/mol. The maximum atomic E-state index is 12.8. The molecule has 0 aliphatic heterocycles. The van der Waals surface area contributed by atoms with E-state index in [0.29, 0.717) is 19.3 Å². The lowest BCUT2D eigenvalue weighted by atomic mass is 10.0. The first kappa shape index (κ1) is 62.1. The van der Waals surface area contributed by atoms with Crippen LogP contribution in [0.15, 0.2) is 60.8 Å². The van der Waals surface area contributed by atoms with Crippen LogP contribution in [0, 0.1) is 0 Å². The average Bonchev–Trinajstić information content (AvgIpc) is 3.30. The Labute approximate surface area is 402 Å². The van der Waals surface area contributed by atoms with Crippen LogP contribution < -0.4 is 0 Å². The van der Waals surface area contributed by atoms with Gasteiger partial charge in [-0.25, -0.2) is 0 Å². The summed E-state index contributed by atoms with van der Waals surface area (Å²) < 4.78 is 16.8. The Hall–Kier alpha value is -2.89. The zero-order valence-corrected chi connectivity index (χ0v) is 43.0. The summed E-state index contributed by atoms with van der Waals surface area (Å²) in [6.45, 7) is 6.56. The van der Waals surface area contributed by atoms with E-state index >= 15 is 0 Å². The number of allylic oxidation sites excluding steroid dienone is 10. The van der Waals surface area contributed by atoms with Gasteiger partial charge in [0.05, 0.1) is 0 Å². The van der Waals surface area contributed by atoms with E-state index in [2.05, 4.69) is 81.5 Å². The predicted molar refractivity (Wildman–Crippen MR) is 279 cm³/mol. The van der Waals surface area contributed by atoms with Gasteiger partial charge in [0.1, 0.15) is 13.2 Å². The summed E-state index contributed by atoms with van der Waals surface area (Å²) in [5.74, 6) is -0.918. The molecule has 0 N–H and O–H groups in total. The highest BCUT2D eigenvalue weighted by Gasteiger charge is 2.19. The van der Waals surface area contributed by atoms with Crippen LogP contribution in [0.3, 0.4) is 0 Å². The second-order valence-electron chi connectivity index (χ2n) is 18.5. The minimum absolute atomic E-state index is 0.0870. The molecule has 0 saturated carbocycles. The zero-order chi connectivity index (χ0) is 47.2. The quantitative estimate of drug-likeness (QED) is 0.0262. The molecule has 6 heteroatoms. The number of hydrogen-bond donors (Lipinski definition) is 0. The van der Waals surface area contributed by atoms with Gasteiger partial charge in [-0.15, -0.1) is 0 Å². The lowest BCUT2D eigenvalue weighted by Gasteiger charge is -2.18. The van der Waals surface area contributed by atoms with Crippen LogP contribution in [0.5, 0.6) is 0 Å². The zero-order valence-electron chi connectivity index (χ0n) is 43.0. The summed E-state index contributed by atoms with van der Waals surface area (Å²) in [4.78, 5) is 38.0. The molecule has 0 bridgehead atoms. The smallest absolute Gasteiger partial charge is 0.306 e. The summed E-state index contributed by atoms with van der Waals surface area (Å²) in [7, 11) is 0. The molecule has 1 atom stereocenters. The summed E-state index contributed by atoms with van der Waals surface area (Å²) in [5, 5.41) is 0. The molecule has 0 spiro atoms. The van der Waals surface area contributed by atoms with Gasteiger partial charge in [-0.2, -0.15) is 0 Å². The molecule has 0 radical (unpaired) electrons. The number of carbonyl (C=O) groups excluding carboxylic acids is 3. The number of carbonyl (C=O) groups is 3. The van der Waals surface area contributed by atoms with Gasteiger partial charge in [-0.3, -0.25) is 14.4 Å². The van der Waals surface area contributed by atoms with Crippen molar-refractivity contribution in [3.8, 4) is 0 Å². The van der Waals surface area contributed by atoms with Gasteiger partial charge in [0, 0.05) is 19.3 Å². The maximum Gasteiger partial charge on any atom is 0.306 e. The van der Waals surface area contributed by atoms with Gasteiger partial charge in [-0.05, 0) is 83.5 Å². The Morgan fingerprint density at radius 1 is 0.308 bits per heavy atom. The molecule has 0 rings (SSSR count). The molecule has 0 saturated heterocycles. The van der Waals surface area contributed by atoms with Crippen molar-refractivity contribution in [3.63, 3.8) is 0 Å². The first-order chi connectivity index (χ1) is 32.0. The van der Waals surface area contributed by atoms with Crippen molar-refractivity contribution in [2.24, 2.45) is 0 Å². The lowest BCUT2D eigenvalue weighted by Crippen LogP contribution is -2.30. The molecular formula is C59H104O6. The molecule has 0 aromatic rings. The third-order valence-corrected chi connectivity index (χ3v) is 12.0.